The van der Waals surface area contributed by atoms with Gasteiger partial charge in [0.15, 0.2) is 0 Å². The van der Waals surface area contributed by atoms with Gasteiger partial charge >= 0.3 is 0 Å². The molecule has 0 aliphatic rings. The van der Waals surface area contributed by atoms with Crippen LogP contribution in [0.3, 0.4) is 0 Å². The average Bonchev–Trinajstić information content (AvgIpc) is 2.59. The topological polar surface area (TPSA) is 52.0 Å². The zero-order valence-corrected chi connectivity index (χ0v) is 13.2. The lowest BCUT2D eigenvalue weighted by atomic mass is 10.1. The van der Waals surface area contributed by atoms with E-state index in [1.54, 1.807) is 18.2 Å². The molecule has 0 saturated carbocycles. The van der Waals surface area contributed by atoms with Crippen LogP contribution in [0.4, 0.5) is 11.4 Å². The van der Waals surface area contributed by atoms with Gasteiger partial charge in [0.2, 0.25) is 0 Å². The molecule has 3 aromatic rings. The number of benzene rings is 3. The van der Waals surface area contributed by atoms with Crippen LogP contribution in [-0.4, -0.2) is 0 Å². The lowest BCUT2D eigenvalue weighted by Crippen LogP contribution is -1.87. The first kappa shape index (κ1) is 17.3. The molecule has 3 rings (SSSR count). The van der Waals surface area contributed by atoms with Crippen LogP contribution in [0, 0.1) is 0 Å². The number of hydrogen-bond donors (Lipinski definition) is 2. The van der Waals surface area contributed by atoms with Gasteiger partial charge in [0.25, 0.3) is 0 Å². The van der Waals surface area contributed by atoms with Crippen LogP contribution in [0.5, 0.6) is 0 Å². The number of rotatable bonds is 1. The molecule has 0 heterocycles. The lowest BCUT2D eigenvalue weighted by molar-refractivity contribution is 1.50. The van der Waals surface area contributed by atoms with Crippen LogP contribution < -0.4 is 11.5 Å². The third kappa shape index (κ3) is 6.14. The molecule has 2 nitrogen and oxygen atoms in total. The van der Waals surface area contributed by atoms with Crippen LogP contribution >= 0.6 is 0 Å². The zero-order valence-electron chi connectivity index (χ0n) is 13.2. The highest BCUT2D eigenvalue weighted by Gasteiger charge is 1.91. The van der Waals surface area contributed by atoms with Gasteiger partial charge in [0.05, 0.1) is 0 Å². The van der Waals surface area contributed by atoms with E-state index in [0.29, 0.717) is 11.4 Å². The van der Waals surface area contributed by atoms with Crippen molar-refractivity contribution in [3.05, 3.63) is 84.9 Å². The Kier molecular flexibility index (Phi) is 7.91. The van der Waals surface area contributed by atoms with Crippen molar-refractivity contribution in [2.75, 3.05) is 11.5 Å². The number of anilines is 2. The van der Waals surface area contributed by atoms with Gasteiger partial charge in [-0.25, -0.2) is 0 Å². The van der Waals surface area contributed by atoms with Gasteiger partial charge in [-0.3, -0.25) is 0 Å². The van der Waals surface area contributed by atoms with E-state index in [1.165, 1.54) is 11.1 Å². The van der Waals surface area contributed by atoms with Crippen molar-refractivity contribution in [3.63, 3.8) is 0 Å². The van der Waals surface area contributed by atoms with Crippen molar-refractivity contribution in [1.82, 2.24) is 0 Å². The molecule has 0 fully saturated rings. The maximum absolute atomic E-state index is 5.38. The van der Waals surface area contributed by atoms with Crippen molar-refractivity contribution in [1.29, 1.82) is 0 Å². The molecule has 0 aromatic heterocycles. The van der Waals surface area contributed by atoms with Crippen molar-refractivity contribution in [3.8, 4) is 11.1 Å². The molecule has 0 aliphatic carbocycles. The maximum Gasteiger partial charge on any atom is 0.0334 e. The Labute approximate surface area is 133 Å². The van der Waals surface area contributed by atoms with Gasteiger partial charge < -0.3 is 11.5 Å². The maximum atomic E-state index is 5.38. The minimum Gasteiger partial charge on any atom is -0.399 e. The van der Waals surface area contributed by atoms with Crippen LogP contribution in [0.15, 0.2) is 84.9 Å². The Morgan fingerprint density at radius 3 is 1.14 bits per heavy atom. The predicted octanol–water partition coefficient (Wildman–Crippen LogP) is 5.23. The van der Waals surface area contributed by atoms with Crippen molar-refractivity contribution in [2.45, 2.75) is 13.8 Å². The number of hydrogen-bond acceptors (Lipinski definition) is 2. The van der Waals surface area contributed by atoms with E-state index in [2.05, 4.69) is 48.5 Å². The van der Waals surface area contributed by atoms with E-state index in [9.17, 15) is 0 Å². The van der Waals surface area contributed by atoms with E-state index in [4.69, 9.17) is 11.5 Å². The Hall–Kier alpha value is -2.74. The van der Waals surface area contributed by atoms with E-state index in [0.717, 1.165) is 0 Å². The van der Waals surface area contributed by atoms with Crippen LogP contribution in [-0.2, 0) is 0 Å². The SMILES string of the molecule is CC.Nc1cccc(N)c1.c1ccc(-c2ccccc2)cc1. The summed E-state index contributed by atoms with van der Waals surface area (Å²) < 4.78 is 0. The van der Waals surface area contributed by atoms with Crippen LogP contribution in [0.1, 0.15) is 13.8 Å². The zero-order chi connectivity index (χ0) is 16.2. The van der Waals surface area contributed by atoms with Gasteiger partial charge in [-0.15, -0.1) is 0 Å². The van der Waals surface area contributed by atoms with E-state index < -0.39 is 0 Å². The highest BCUT2D eigenvalue weighted by Crippen LogP contribution is 2.17. The van der Waals surface area contributed by atoms with Crippen molar-refractivity contribution < 1.29 is 0 Å². The third-order valence-corrected chi connectivity index (χ3v) is 2.79. The first-order valence-electron chi connectivity index (χ1n) is 7.47. The molecule has 0 amide bonds. The molecule has 3 aromatic carbocycles. The van der Waals surface area contributed by atoms with Gasteiger partial charge in [0.1, 0.15) is 0 Å². The lowest BCUT2D eigenvalue weighted by Gasteiger charge is -1.98. The summed E-state index contributed by atoms with van der Waals surface area (Å²) in [5.41, 5.74) is 14.7. The fourth-order valence-electron chi connectivity index (χ4n) is 1.82. The Balaban J connectivity index is 0.000000211. The van der Waals surface area contributed by atoms with Gasteiger partial charge in [-0.1, -0.05) is 80.6 Å². The monoisotopic (exact) mass is 292 g/mol. The molecule has 0 saturated heterocycles. The number of nitrogens with two attached hydrogens (primary N) is 2. The van der Waals surface area contributed by atoms with Crippen molar-refractivity contribution >= 4 is 11.4 Å². The molecule has 0 bridgehead atoms. The molecule has 2 heteroatoms. The second-order valence-electron chi connectivity index (χ2n) is 4.40. The molecule has 0 atom stereocenters. The summed E-state index contributed by atoms with van der Waals surface area (Å²) in [5, 5.41) is 0. The smallest absolute Gasteiger partial charge is 0.0334 e. The summed E-state index contributed by atoms with van der Waals surface area (Å²) in [4.78, 5) is 0. The van der Waals surface area contributed by atoms with Crippen LogP contribution in [0.2, 0.25) is 0 Å². The summed E-state index contributed by atoms with van der Waals surface area (Å²) in [6, 6.07) is 27.9. The normalized spacial score (nSPS) is 8.82. The largest absolute Gasteiger partial charge is 0.399 e. The van der Waals surface area contributed by atoms with Gasteiger partial charge in [-0.2, -0.15) is 0 Å². The van der Waals surface area contributed by atoms with E-state index in [-0.39, 0.29) is 0 Å². The average molecular weight is 292 g/mol. The molecule has 4 N–H and O–H groups in total. The highest BCUT2D eigenvalue weighted by molar-refractivity contribution is 5.62. The standard InChI is InChI=1S/C12H10.C6H8N2.C2H6/c1-3-7-11(8-4-1)12-9-5-2-6-10-12;7-5-2-1-3-6(8)4-5;1-2/h1-10H;1-4H,7-8H2;1-2H3. The Morgan fingerprint density at radius 1 is 0.500 bits per heavy atom. The van der Waals surface area contributed by atoms with Gasteiger partial charge in [0, 0.05) is 11.4 Å². The fraction of sp³-hybridized carbons (Fsp3) is 0.100. The first-order chi connectivity index (χ1) is 10.8. The highest BCUT2D eigenvalue weighted by atomic mass is 14.6. The van der Waals surface area contributed by atoms with Crippen LogP contribution in [0.25, 0.3) is 11.1 Å². The minimum atomic E-state index is 0.713. The summed E-state index contributed by atoms with van der Waals surface area (Å²) in [5.74, 6) is 0. The van der Waals surface area contributed by atoms with Crippen molar-refractivity contribution in [2.24, 2.45) is 0 Å². The Bertz CT molecular complexity index is 579. The molecule has 0 radical (unpaired) electrons. The predicted molar refractivity (Wildman–Crippen MR) is 98.5 cm³/mol. The summed E-state index contributed by atoms with van der Waals surface area (Å²) >= 11 is 0. The quantitative estimate of drug-likeness (QED) is 0.603. The molecule has 114 valence electrons. The molecule has 0 aliphatic heterocycles. The first-order valence-corrected chi connectivity index (χ1v) is 7.47. The van der Waals surface area contributed by atoms with E-state index in [1.807, 2.05) is 32.0 Å². The second kappa shape index (κ2) is 10.1. The molecular formula is C20H24N2. The molecular weight excluding hydrogens is 268 g/mol. The summed E-state index contributed by atoms with van der Waals surface area (Å²) in [6.07, 6.45) is 0. The molecule has 22 heavy (non-hydrogen) atoms. The third-order valence-electron chi connectivity index (χ3n) is 2.79. The summed E-state index contributed by atoms with van der Waals surface area (Å²) in [7, 11) is 0. The van der Waals surface area contributed by atoms with Gasteiger partial charge in [-0.05, 0) is 29.3 Å². The fourth-order valence-corrected chi connectivity index (χ4v) is 1.82. The summed E-state index contributed by atoms with van der Waals surface area (Å²) in [6.45, 7) is 4.00. The van der Waals surface area contributed by atoms with E-state index >= 15 is 0 Å². The number of nitrogen functional groups attached to an aromatic ring is 2. The minimum absolute atomic E-state index is 0.713. The second-order valence-corrected chi connectivity index (χ2v) is 4.40. The Morgan fingerprint density at radius 2 is 0.864 bits per heavy atom. The molecule has 0 unspecified atom stereocenters. The molecule has 0 spiro atoms.